The van der Waals surface area contributed by atoms with Gasteiger partial charge in [-0.05, 0) is 12.5 Å². The molecule has 1 N–H and O–H groups in total. The van der Waals surface area contributed by atoms with Crippen LogP contribution in [0.5, 0.6) is 0 Å². The first-order valence-corrected chi connectivity index (χ1v) is 10.5. The number of anilines is 2. The van der Waals surface area contributed by atoms with Crippen molar-refractivity contribution in [2.45, 2.75) is 16.5 Å². The molecule has 0 bridgehead atoms. The van der Waals surface area contributed by atoms with E-state index in [1.807, 2.05) is 30.3 Å². The number of carbonyl (C=O) groups is 1. The molecule has 0 saturated carbocycles. The third kappa shape index (κ3) is 4.51. The third-order valence-corrected chi connectivity index (χ3v) is 6.44. The van der Waals surface area contributed by atoms with Crippen LogP contribution in [-0.4, -0.2) is 47.6 Å². The van der Waals surface area contributed by atoms with E-state index in [0.717, 1.165) is 28.1 Å². The summed E-state index contributed by atoms with van der Waals surface area (Å²) in [6.45, 7) is 4.75. The Morgan fingerprint density at radius 2 is 2.04 bits per heavy atom. The van der Waals surface area contributed by atoms with Crippen molar-refractivity contribution in [3.8, 4) is 0 Å². The van der Waals surface area contributed by atoms with Gasteiger partial charge in [0, 0.05) is 19.2 Å². The number of amides is 1. The van der Waals surface area contributed by atoms with E-state index in [0.29, 0.717) is 24.8 Å². The van der Waals surface area contributed by atoms with Crippen LogP contribution in [0, 0.1) is 6.92 Å². The lowest BCUT2D eigenvalue weighted by Crippen LogP contribution is -2.36. The molecule has 28 heavy (non-hydrogen) atoms. The fraction of sp³-hybridized carbons (Fsp3) is 0.333. The van der Waals surface area contributed by atoms with E-state index in [1.54, 1.807) is 13.0 Å². The Hall–Kier alpha value is -2.43. The number of carbonyl (C=O) groups excluding carboxylic acids is 1. The number of rotatable bonds is 6. The van der Waals surface area contributed by atoms with Crippen LogP contribution < -0.4 is 10.2 Å². The van der Waals surface area contributed by atoms with Crippen molar-refractivity contribution in [1.29, 1.82) is 0 Å². The van der Waals surface area contributed by atoms with Crippen LogP contribution >= 0.6 is 23.1 Å². The maximum absolute atomic E-state index is 13.0. The molecule has 146 valence electrons. The standard InChI is InChI=1S/C18H19N5O3S2/c1-12-11-14(22-26-12)19-16(24)15(13-5-3-2-4-6-13)27-18-21-20-17(28-18)23-7-9-25-10-8-23/h2-6,11,15H,7-10H2,1H3,(H,19,22,24). The highest BCUT2D eigenvalue weighted by atomic mass is 32.2. The second kappa shape index (κ2) is 8.72. The monoisotopic (exact) mass is 417 g/mol. The van der Waals surface area contributed by atoms with Crippen LogP contribution in [0.25, 0.3) is 0 Å². The van der Waals surface area contributed by atoms with Crippen molar-refractivity contribution >= 4 is 40.0 Å². The second-order valence-electron chi connectivity index (χ2n) is 6.17. The van der Waals surface area contributed by atoms with Gasteiger partial charge < -0.3 is 19.5 Å². The fourth-order valence-corrected chi connectivity index (χ4v) is 4.84. The molecule has 10 heteroatoms. The molecule has 1 fully saturated rings. The van der Waals surface area contributed by atoms with Crippen molar-refractivity contribution in [3.63, 3.8) is 0 Å². The minimum Gasteiger partial charge on any atom is -0.378 e. The number of ether oxygens (including phenoxy) is 1. The summed E-state index contributed by atoms with van der Waals surface area (Å²) >= 11 is 2.86. The van der Waals surface area contributed by atoms with E-state index < -0.39 is 5.25 Å². The Morgan fingerprint density at radius 1 is 1.25 bits per heavy atom. The summed E-state index contributed by atoms with van der Waals surface area (Å²) < 4.78 is 11.2. The molecule has 4 rings (SSSR count). The van der Waals surface area contributed by atoms with Crippen LogP contribution in [-0.2, 0) is 9.53 Å². The van der Waals surface area contributed by atoms with Crippen LogP contribution in [0.2, 0.25) is 0 Å². The van der Waals surface area contributed by atoms with Gasteiger partial charge in [-0.15, -0.1) is 10.2 Å². The summed E-state index contributed by atoms with van der Waals surface area (Å²) in [7, 11) is 0. The van der Waals surface area contributed by atoms with Crippen LogP contribution in [0.1, 0.15) is 16.6 Å². The first-order valence-electron chi connectivity index (χ1n) is 8.81. The van der Waals surface area contributed by atoms with Gasteiger partial charge in [-0.1, -0.05) is 58.6 Å². The van der Waals surface area contributed by atoms with E-state index in [1.165, 1.54) is 23.1 Å². The van der Waals surface area contributed by atoms with Gasteiger partial charge in [0.25, 0.3) is 0 Å². The van der Waals surface area contributed by atoms with Gasteiger partial charge in [0.2, 0.25) is 11.0 Å². The molecule has 8 nitrogen and oxygen atoms in total. The number of benzene rings is 1. The van der Waals surface area contributed by atoms with E-state index >= 15 is 0 Å². The second-order valence-corrected chi connectivity index (χ2v) is 8.48. The smallest absolute Gasteiger partial charge is 0.243 e. The Balaban J connectivity index is 1.52. The van der Waals surface area contributed by atoms with Gasteiger partial charge in [-0.2, -0.15) is 0 Å². The zero-order chi connectivity index (χ0) is 19.3. The molecule has 1 aliphatic rings. The van der Waals surface area contributed by atoms with Gasteiger partial charge in [-0.25, -0.2) is 0 Å². The van der Waals surface area contributed by atoms with Crippen molar-refractivity contribution in [2.24, 2.45) is 0 Å². The van der Waals surface area contributed by atoms with E-state index in [4.69, 9.17) is 9.26 Å². The highest BCUT2D eigenvalue weighted by Crippen LogP contribution is 2.39. The minimum absolute atomic E-state index is 0.187. The lowest BCUT2D eigenvalue weighted by Gasteiger charge is -2.25. The van der Waals surface area contributed by atoms with Gasteiger partial charge in [-0.3, -0.25) is 4.79 Å². The molecule has 0 spiro atoms. The molecule has 1 saturated heterocycles. The molecule has 3 aromatic rings. The number of aromatic nitrogens is 3. The molecule has 0 aliphatic carbocycles. The average molecular weight is 418 g/mol. The number of nitrogens with one attached hydrogen (secondary N) is 1. The zero-order valence-corrected chi connectivity index (χ0v) is 16.8. The number of thioether (sulfide) groups is 1. The summed E-state index contributed by atoms with van der Waals surface area (Å²) in [5, 5.41) is 15.6. The molecule has 1 atom stereocenters. The topological polar surface area (TPSA) is 93.4 Å². The summed E-state index contributed by atoms with van der Waals surface area (Å²) in [5.74, 6) is 0.849. The number of nitrogens with zero attached hydrogens (tertiary/aromatic N) is 4. The Morgan fingerprint density at radius 3 is 2.75 bits per heavy atom. The number of aryl methyl sites for hydroxylation is 1. The van der Waals surface area contributed by atoms with E-state index in [-0.39, 0.29) is 5.91 Å². The largest absolute Gasteiger partial charge is 0.378 e. The highest BCUT2D eigenvalue weighted by Gasteiger charge is 2.26. The van der Waals surface area contributed by atoms with Gasteiger partial charge in [0.05, 0.1) is 13.2 Å². The van der Waals surface area contributed by atoms with Crippen LogP contribution in [0.3, 0.4) is 0 Å². The molecular formula is C18H19N5O3S2. The fourth-order valence-electron chi connectivity index (χ4n) is 2.75. The molecule has 2 aromatic heterocycles. The van der Waals surface area contributed by atoms with Gasteiger partial charge >= 0.3 is 0 Å². The lowest BCUT2D eigenvalue weighted by atomic mass is 10.1. The maximum atomic E-state index is 13.0. The number of hydrogen-bond donors (Lipinski definition) is 1. The van der Waals surface area contributed by atoms with E-state index in [9.17, 15) is 4.79 Å². The average Bonchev–Trinajstić information content (AvgIpc) is 3.36. The van der Waals surface area contributed by atoms with Crippen molar-refractivity contribution in [3.05, 3.63) is 47.7 Å². The molecule has 1 aliphatic heterocycles. The normalized spacial score (nSPS) is 15.4. The first-order chi connectivity index (χ1) is 13.7. The number of hydrogen-bond acceptors (Lipinski definition) is 9. The lowest BCUT2D eigenvalue weighted by molar-refractivity contribution is -0.115. The minimum atomic E-state index is -0.483. The summed E-state index contributed by atoms with van der Waals surface area (Å²) in [4.78, 5) is 15.1. The van der Waals surface area contributed by atoms with Crippen molar-refractivity contribution < 1.29 is 14.1 Å². The van der Waals surface area contributed by atoms with Gasteiger partial charge in [0.1, 0.15) is 11.0 Å². The zero-order valence-electron chi connectivity index (χ0n) is 15.2. The molecule has 1 aromatic carbocycles. The highest BCUT2D eigenvalue weighted by molar-refractivity contribution is 8.02. The Labute approximate surface area is 170 Å². The quantitative estimate of drug-likeness (QED) is 0.612. The molecule has 1 unspecified atom stereocenters. The first kappa shape index (κ1) is 18.9. The molecular weight excluding hydrogens is 398 g/mol. The Bertz CT molecular complexity index is 924. The summed E-state index contributed by atoms with van der Waals surface area (Å²) in [5.41, 5.74) is 0.883. The SMILES string of the molecule is Cc1cc(NC(=O)C(Sc2nnc(N3CCOCC3)s2)c2ccccc2)no1. The molecule has 0 radical (unpaired) electrons. The van der Waals surface area contributed by atoms with Crippen molar-refractivity contribution in [1.82, 2.24) is 15.4 Å². The predicted molar refractivity (Wildman–Crippen MR) is 108 cm³/mol. The van der Waals surface area contributed by atoms with Gasteiger partial charge in [0.15, 0.2) is 10.2 Å². The maximum Gasteiger partial charge on any atom is 0.243 e. The molecule has 1 amide bonds. The van der Waals surface area contributed by atoms with Crippen LogP contribution in [0.4, 0.5) is 10.9 Å². The predicted octanol–water partition coefficient (Wildman–Crippen LogP) is 3.14. The number of morpholine rings is 1. The molecule has 3 heterocycles. The summed E-state index contributed by atoms with van der Waals surface area (Å²) in [6.07, 6.45) is 0. The van der Waals surface area contributed by atoms with Crippen LogP contribution in [0.15, 0.2) is 45.3 Å². The van der Waals surface area contributed by atoms with E-state index in [2.05, 4.69) is 25.6 Å². The summed E-state index contributed by atoms with van der Waals surface area (Å²) in [6, 6.07) is 11.3. The Kier molecular flexibility index (Phi) is 5.89. The van der Waals surface area contributed by atoms with Crippen molar-refractivity contribution in [2.75, 3.05) is 36.5 Å². The third-order valence-electron chi connectivity index (χ3n) is 4.12.